The van der Waals surface area contributed by atoms with Crippen LogP contribution in [0.15, 0.2) is 77.7 Å². The van der Waals surface area contributed by atoms with E-state index in [2.05, 4.69) is 30.4 Å². The fourth-order valence-electron chi connectivity index (χ4n) is 3.50. The number of ether oxygens (including phenoxy) is 1. The van der Waals surface area contributed by atoms with Gasteiger partial charge in [0.15, 0.2) is 0 Å². The van der Waals surface area contributed by atoms with Crippen molar-refractivity contribution in [2.45, 2.75) is 30.9 Å². The second kappa shape index (κ2) is 13.3. The Morgan fingerprint density at radius 3 is 2.44 bits per heavy atom. The molecule has 0 aliphatic carbocycles. The Morgan fingerprint density at radius 1 is 1.06 bits per heavy atom. The minimum atomic E-state index is -4.08. The molecule has 3 rings (SSSR count). The Morgan fingerprint density at radius 2 is 1.78 bits per heavy atom. The van der Waals surface area contributed by atoms with Gasteiger partial charge in [-0.2, -0.15) is 11.8 Å². The molecule has 3 aromatic carbocycles. The first kappa shape index (κ1) is 27.5. The summed E-state index contributed by atoms with van der Waals surface area (Å²) < 4.78 is 46.7. The average molecular weight is 531 g/mol. The number of carbonyl (C=O) groups excluding carboxylic acids is 1. The molecule has 6 nitrogen and oxygen atoms in total. The third kappa shape index (κ3) is 7.99. The number of sulfonamides is 1. The molecule has 192 valence electrons. The van der Waals surface area contributed by atoms with Gasteiger partial charge >= 0.3 is 0 Å². The third-order valence-electron chi connectivity index (χ3n) is 5.26. The van der Waals surface area contributed by atoms with Crippen molar-refractivity contribution in [3.8, 4) is 5.75 Å². The van der Waals surface area contributed by atoms with Crippen molar-refractivity contribution in [2.24, 2.45) is 0 Å². The van der Waals surface area contributed by atoms with E-state index in [9.17, 15) is 17.6 Å². The highest BCUT2D eigenvalue weighted by Gasteiger charge is 2.27. The maximum absolute atomic E-state index is 13.5. The summed E-state index contributed by atoms with van der Waals surface area (Å²) >= 11 is 1.78. The zero-order valence-electron chi connectivity index (χ0n) is 20.4. The molecule has 0 radical (unpaired) electrons. The van der Waals surface area contributed by atoms with Gasteiger partial charge in [-0.3, -0.25) is 9.10 Å². The molecular formula is C27H31FN2O4S2. The number of amides is 1. The van der Waals surface area contributed by atoms with Crippen LogP contribution in [-0.2, 0) is 20.6 Å². The lowest BCUT2D eigenvalue weighted by molar-refractivity contribution is -0.119. The van der Waals surface area contributed by atoms with Crippen LogP contribution in [0.25, 0.3) is 0 Å². The van der Waals surface area contributed by atoms with Crippen molar-refractivity contribution in [3.63, 3.8) is 0 Å². The number of rotatable bonds is 13. The molecule has 0 heterocycles. The molecule has 0 saturated carbocycles. The number of carbonyl (C=O) groups is 1. The van der Waals surface area contributed by atoms with Gasteiger partial charge in [0.25, 0.3) is 10.0 Å². The number of thioether (sulfide) groups is 1. The van der Waals surface area contributed by atoms with Crippen LogP contribution in [0.5, 0.6) is 5.75 Å². The van der Waals surface area contributed by atoms with Crippen LogP contribution in [0.4, 0.5) is 10.1 Å². The number of anilines is 1. The maximum Gasteiger partial charge on any atom is 0.264 e. The molecule has 0 atom stereocenters. The summed E-state index contributed by atoms with van der Waals surface area (Å²) in [5.41, 5.74) is 2.69. The van der Waals surface area contributed by atoms with Gasteiger partial charge in [-0.1, -0.05) is 29.8 Å². The SMILES string of the molecule is CCOc1ccc(S(=O)(=O)N(CC(=O)NCCCSCc2cccc(C)c2)c2ccc(F)cc2)cc1. The maximum atomic E-state index is 13.5. The van der Waals surface area contributed by atoms with Crippen molar-refractivity contribution in [1.29, 1.82) is 0 Å². The van der Waals surface area contributed by atoms with Gasteiger partial charge < -0.3 is 10.1 Å². The number of halogens is 1. The van der Waals surface area contributed by atoms with Crippen molar-refractivity contribution in [3.05, 3.63) is 89.7 Å². The Kier molecular flexibility index (Phi) is 10.2. The monoisotopic (exact) mass is 530 g/mol. The van der Waals surface area contributed by atoms with E-state index < -0.39 is 28.3 Å². The predicted octanol–water partition coefficient (Wildman–Crippen LogP) is 5.17. The predicted molar refractivity (Wildman–Crippen MR) is 144 cm³/mol. The molecule has 3 aromatic rings. The summed E-state index contributed by atoms with van der Waals surface area (Å²) in [5.74, 6) is 1.37. The van der Waals surface area contributed by atoms with Gasteiger partial charge in [0.05, 0.1) is 17.2 Å². The number of nitrogens with zero attached hydrogens (tertiary/aromatic N) is 1. The summed E-state index contributed by atoms with van der Waals surface area (Å²) in [6, 6.07) is 19.4. The molecule has 0 aliphatic heterocycles. The van der Waals surface area contributed by atoms with E-state index in [0.717, 1.165) is 22.2 Å². The molecule has 0 spiro atoms. The lowest BCUT2D eigenvalue weighted by Crippen LogP contribution is -2.41. The van der Waals surface area contributed by atoms with Crippen LogP contribution in [0.1, 0.15) is 24.5 Å². The summed E-state index contributed by atoms with van der Waals surface area (Å²) in [6.07, 6.45) is 0.754. The van der Waals surface area contributed by atoms with E-state index in [-0.39, 0.29) is 10.6 Å². The molecule has 1 amide bonds. The van der Waals surface area contributed by atoms with Gasteiger partial charge in [0, 0.05) is 12.3 Å². The van der Waals surface area contributed by atoms with Crippen LogP contribution in [-0.4, -0.2) is 39.8 Å². The molecule has 36 heavy (non-hydrogen) atoms. The molecule has 0 aromatic heterocycles. The molecule has 0 unspecified atom stereocenters. The van der Waals surface area contributed by atoms with E-state index in [1.807, 2.05) is 13.0 Å². The first-order valence-electron chi connectivity index (χ1n) is 11.7. The van der Waals surface area contributed by atoms with Gasteiger partial charge in [0.1, 0.15) is 18.1 Å². The van der Waals surface area contributed by atoms with Gasteiger partial charge in [-0.25, -0.2) is 12.8 Å². The van der Waals surface area contributed by atoms with Crippen LogP contribution in [0, 0.1) is 12.7 Å². The normalized spacial score (nSPS) is 11.2. The standard InChI is InChI=1S/C27H31FN2O4S2/c1-3-34-25-12-14-26(15-13-25)36(32,33)30(24-10-8-23(28)9-11-24)19-27(31)29-16-5-17-35-20-22-7-4-6-21(2)18-22/h4,6-15,18H,3,5,16-17,19-20H2,1-2H3,(H,29,31). The third-order valence-corrected chi connectivity index (χ3v) is 8.17. The lowest BCUT2D eigenvalue weighted by atomic mass is 10.2. The largest absolute Gasteiger partial charge is 0.494 e. The summed E-state index contributed by atoms with van der Waals surface area (Å²) in [7, 11) is -4.08. The number of benzene rings is 3. The van der Waals surface area contributed by atoms with Crippen LogP contribution in [0.2, 0.25) is 0 Å². The van der Waals surface area contributed by atoms with Crippen molar-refractivity contribution in [2.75, 3.05) is 29.8 Å². The lowest BCUT2D eigenvalue weighted by Gasteiger charge is -2.24. The average Bonchev–Trinajstić information content (AvgIpc) is 2.86. The Balaban J connectivity index is 1.60. The zero-order chi connectivity index (χ0) is 26.0. The van der Waals surface area contributed by atoms with E-state index in [0.29, 0.717) is 18.9 Å². The van der Waals surface area contributed by atoms with Crippen molar-refractivity contribution >= 4 is 33.4 Å². The fourth-order valence-corrected chi connectivity index (χ4v) is 5.83. The van der Waals surface area contributed by atoms with Crippen LogP contribution < -0.4 is 14.4 Å². The zero-order valence-corrected chi connectivity index (χ0v) is 22.1. The van der Waals surface area contributed by atoms with Crippen LogP contribution in [0.3, 0.4) is 0 Å². The smallest absolute Gasteiger partial charge is 0.264 e. The second-order valence-corrected chi connectivity index (χ2v) is 11.1. The summed E-state index contributed by atoms with van der Waals surface area (Å²) in [6.45, 7) is 4.37. The number of hydrogen-bond donors (Lipinski definition) is 1. The highest BCUT2D eigenvalue weighted by atomic mass is 32.2. The van der Waals surface area contributed by atoms with Gasteiger partial charge in [-0.15, -0.1) is 0 Å². The van der Waals surface area contributed by atoms with E-state index in [1.54, 1.807) is 23.9 Å². The highest BCUT2D eigenvalue weighted by molar-refractivity contribution is 7.98. The minimum absolute atomic E-state index is 0.00984. The highest BCUT2D eigenvalue weighted by Crippen LogP contribution is 2.25. The molecule has 0 aliphatic rings. The molecule has 1 N–H and O–H groups in total. The number of nitrogens with one attached hydrogen (secondary N) is 1. The second-order valence-electron chi connectivity index (χ2n) is 8.14. The minimum Gasteiger partial charge on any atom is -0.494 e. The topological polar surface area (TPSA) is 75.7 Å². The first-order valence-corrected chi connectivity index (χ1v) is 14.3. The molecule has 0 saturated heterocycles. The summed E-state index contributed by atoms with van der Waals surface area (Å²) in [5, 5.41) is 2.80. The van der Waals surface area contributed by atoms with E-state index in [1.165, 1.54) is 47.5 Å². The molecule has 0 bridgehead atoms. The summed E-state index contributed by atoms with van der Waals surface area (Å²) in [4.78, 5) is 12.7. The molecular weight excluding hydrogens is 499 g/mol. The first-order chi connectivity index (χ1) is 17.3. The molecule has 0 fully saturated rings. The van der Waals surface area contributed by atoms with Gasteiger partial charge in [0.2, 0.25) is 5.91 Å². The van der Waals surface area contributed by atoms with Gasteiger partial charge in [-0.05, 0) is 80.1 Å². The van der Waals surface area contributed by atoms with Crippen molar-refractivity contribution < 1.29 is 22.3 Å². The Bertz CT molecular complexity index is 1230. The van der Waals surface area contributed by atoms with Crippen molar-refractivity contribution in [1.82, 2.24) is 5.32 Å². The van der Waals surface area contributed by atoms with E-state index in [4.69, 9.17) is 4.74 Å². The molecule has 9 heteroatoms. The van der Waals surface area contributed by atoms with Crippen LogP contribution >= 0.6 is 11.8 Å². The number of aryl methyl sites for hydroxylation is 1. The fraction of sp³-hybridized carbons (Fsp3) is 0.296. The number of hydrogen-bond acceptors (Lipinski definition) is 5. The Labute approximate surface area is 216 Å². The Hall–Kier alpha value is -3.04. The quantitative estimate of drug-likeness (QED) is 0.309. The van der Waals surface area contributed by atoms with E-state index >= 15 is 0 Å².